The molecule has 0 bridgehead atoms. The molecule has 2 aliphatic rings. The maximum Gasteiger partial charge on any atom is 0.227 e. The fraction of sp³-hybridized carbons (Fsp3) is 0.579. The number of hydrogen-bond acceptors (Lipinski definition) is 4. The molecule has 1 aromatic carbocycles. The first-order valence-electron chi connectivity index (χ1n) is 9.10. The van der Waals surface area contributed by atoms with Crippen LogP contribution in [0.15, 0.2) is 24.3 Å². The Hall–Kier alpha value is -1.79. The van der Waals surface area contributed by atoms with E-state index in [0.717, 1.165) is 32.4 Å². The highest BCUT2D eigenvalue weighted by atomic mass is 35.5. The molecule has 1 aromatic rings. The fourth-order valence-electron chi connectivity index (χ4n) is 4.07. The standard InChI is InChI=1S/C19H27N3O3.ClH/c1-14(23)22-16-6-4-7-17(11-16)25-10-9-21-18(24)19-8-3-2-5-15(19)12-20-13-19;/h4,6-7,11,15,20H,2-3,5,8-10,12-13H2,1H3,(H,21,24)(H,22,23);1H/t15-,19+;/m0./s1. The van der Waals surface area contributed by atoms with E-state index in [1.807, 2.05) is 18.2 Å². The molecule has 1 saturated heterocycles. The Bertz CT molecular complexity index is 640. The summed E-state index contributed by atoms with van der Waals surface area (Å²) in [5, 5.41) is 9.18. The summed E-state index contributed by atoms with van der Waals surface area (Å²) in [4.78, 5) is 23.8. The van der Waals surface area contributed by atoms with Gasteiger partial charge in [0.15, 0.2) is 0 Å². The molecule has 1 aliphatic heterocycles. The molecule has 144 valence electrons. The minimum absolute atomic E-state index is 0. The second kappa shape index (κ2) is 9.24. The highest BCUT2D eigenvalue weighted by Crippen LogP contribution is 2.43. The van der Waals surface area contributed by atoms with Gasteiger partial charge in [-0.15, -0.1) is 12.4 Å². The van der Waals surface area contributed by atoms with E-state index in [1.165, 1.54) is 13.3 Å². The normalized spacial score (nSPS) is 24.1. The van der Waals surface area contributed by atoms with Gasteiger partial charge in [-0.25, -0.2) is 0 Å². The molecule has 1 aliphatic carbocycles. The van der Waals surface area contributed by atoms with E-state index in [-0.39, 0.29) is 29.6 Å². The Balaban J connectivity index is 0.00000243. The van der Waals surface area contributed by atoms with Gasteiger partial charge in [0.2, 0.25) is 11.8 Å². The van der Waals surface area contributed by atoms with Crippen LogP contribution in [0.5, 0.6) is 5.75 Å². The van der Waals surface area contributed by atoms with E-state index in [4.69, 9.17) is 4.74 Å². The van der Waals surface area contributed by atoms with Gasteiger partial charge in [0.05, 0.1) is 12.0 Å². The zero-order valence-corrected chi connectivity index (χ0v) is 16.0. The van der Waals surface area contributed by atoms with Gasteiger partial charge in [-0.05, 0) is 37.4 Å². The molecule has 0 unspecified atom stereocenters. The molecule has 6 nitrogen and oxygen atoms in total. The van der Waals surface area contributed by atoms with Crippen molar-refractivity contribution >= 4 is 29.9 Å². The van der Waals surface area contributed by atoms with Crippen molar-refractivity contribution in [1.82, 2.24) is 10.6 Å². The predicted molar refractivity (Wildman–Crippen MR) is 104 cm³/mol. The number of ether oxygens (including phenoxy) is 1. The van der Waals surface area contributed by atoms with Crippen molar-refractivity contribution in [3.05, 3.63) is 24.3 Å². The number of benzene rings is 1. The topological polar surface area (TPSA) is 79.5 Å². The van der Waals surface area contributed by atoms with Gasteiger partial charge in [0.25, 0.3) is 0 Å². The number of nitrogens with one attached hydrogen (secondary N) is 3. The molecule has 3 N–H and O–H groups in total. The van der Waals surface area contributed by atoms with Crippen molar-refractivity contribution in [1.29, 1.82) is 0 Å². The molecule has 1 saturated carbocycles. The van der Waals surface area contributed by atoms with E-state index >= 15 is 0 Å². The molecule has 3 rings (SSSR count). The number of rotatable bonds is 6. The van der Waals surface area contributed by atoms with Crippen LogP contribution >= 0.6 is 12.4 Å². The van der Waals surface area contributed by atoms with Crippen molar-refractivity contribution in [3.63, 3.8) is 0 Å². The van der Waals surface area contributed by atoms with E-state index in [1.54, 1.807) is 6.07 Å². The molecule has 2 amide bonds. The first-order valence-corrected chi connectivity index (χ1v) is 9.10. The molecule has 26 heavy (non-hydrogen) atoms. The minimum atomic E-state index is -0.219. The molecular formula is C19H28ClN3O3. The summed E-state index contributed by atoms with van der Waals surface area (Å²) in [6.45, 7) is 4.11. The van der Waals surface area contributed by atoms with Crippen molar-refractivity contribution < 1.29 is 14.3 Å². The smallest absolute Gasteiger partial charge is 0.227 e. The fourth-order valence-corrected chi connectivity index (χ4v) is 4.07. The van der Waals surface area contributed by atoms with Crippen molar-refractivity contribution in [2.75, 3.05) is 31.6 Å². The first kappa shape index (κ1) is 20.5. The molecule has 0 radical (unpaired) electrons. The summed E-state index contributed by atoms with van der Waals surface area (Å²) in [7, 11) is 0. The minimum Gasteiger partial charge on any atom is -0.492 e. The molecule has 0 aromatic heterocycles. The van der Waals surface area contributed by atoms with Gasteiger partial charge in [-0.2, -0.15) is 0 Å². The predicted octanol–water partition coefficient (Wildman–Crippen LogP) is 2.34. The zero-order valence-electron chi connectivity index (χ0n) is 15.2. The lowest BCUT2D eigenvalue weighted by molar-refractivity contribution is -0.134. The first-order chi connectivity index (χ1) is 12.1. The van der Waals surface area contributed by atoms with E-state index in [0.29, 0.717) is 30.5 Å². The lowest BCUT2D eigenvalue weighted by Gasteiger charge is -2.37. The summed E-state index contributed by atoms with van der Waals surface area (Å²) in [6.07, 6.45) is 4.50. The average Bonchev–Trinajstić information content (AvgIpc) is 3.03. The van der Waals surface area contributed by atoms with Gasteiger partial charge in [-0.3, -0.25) is 9.59 Å². The third-order valence-corrected chi connectivity index (χ3v) is 5.30. The quantitative estimate of drug-likeness (QED) is 0.661. The van der Waals surface area contributed by atoms with Crippen LogP contribution in [0, 0.1) is 11.3 Å². The third kappa shape index (κ3) is 4.68. The number of halogens is 1. The van der Waals surface area contributed by atoms with Crippen LogP contribution in [-0.4, -0.2) is 38.1 Å². The van der Waals surface area contributed by atoms with Crippen LogP contribution in [0.1, 0.15) is 32.6 Å². The van der Waals surface area contributed by atoms with Gasteiger partial charge in [0.1, 0.15) is 12.4 Å². The average molecular weight is 382 g/mol. The van der Waals surface area contributed by atoms with E-state index in [9.17, 15) is 9.59 Å². The number of fused-ring (bicyclic) bond motifs is 1. The van der Waals surface area contributed by atoms with Crippen LogP contribution in [0.25, 0.3) is 0 Å². The molecular weight excluding hydrogens is 354 g/mol. The number of anilines is 1. The zero-order chi connectivity index (χ0) is 17.7. The summed E-state index contributed by atoms with van der Waals surface area (Å²) in [5.74, 6) is 1.20. The Labute approximate surface area is 160 Å². The Morgan fingerprint density at radius 1 is 1.35 bits per heavy atom. The molecule has 1 heterocycles. The SMILES string of the molecule is CC(=O)Nc1cccc(OCCNC(=O)[C@@]23CCCC[C@H]2CNC3)c1.Cl. The van der Waals surface area contributed by atoms with Gasteiger partial charge in [-0.1, -0.05) is 18.9 Å². The lowest BCUT2D eigenvalue weighted by Crippen LogP contribution is -2.48. The number of amides is 2. The van der Waals surface area contributed by atoms with Crippen LogP contribution in [-0.2, 0) is 9.59 Å². The van der Waals surface area contributed by atoms with Crippen LogP contribution in [0.3, 0.4) is 0 Å². The molecule has 2 atom stereocenters. The lowest BCUT2D eigenvalue weighted by atomic mass is 9.67. The maximum atomic E-state index is 12.7. The third-order valence-electron chi connectivity index (χ3n) is 5.30. The monoisotopic (exact) mass is 381 g/mol. The second-order valence-corrected chi connectivity index (χ2v) is 7.04. The maximum absolute atomic E-state index is 12.7. The Morgan fingerprint density at radius 3 is 3.00 bits per heavy atom. The van der Waals surface area contributed by atoms with Crippen molar-refractivity contribution in [2.24, 2.45) is 11.3 Å². The van der Waals surface area contributed by atoms with Gasteiger partial charge in [0, 0.05) is 25.2 Å². The summed E-state index contributed by atoms with van der Waals surface area (Å²) < 4.78 is 5.69. The van der Waals surface area contributed by atoms with Crippen LogP contribution in [0.2, 0.25) is 0 Å². The number of carbonyl (C=O) groups excluding carboxylic acids is 2. The van der Waals surface area contributed by atoms with E-state index in [2.05, 4.69) is 16.0 Å². The Morgan fingerprint density at radius 2 is 2.19 bits per heavy atom. The van der Waals surface area contributed by atoms with Gasteiger partial charge >= 0.3 is 0 Å². The Kier molecular flexibility index (Phi) is 7.29. The summed E-state index contributed by atoms with van der Waals surface area (Å²) in [6, 6.07) is 7.25. The van der Waals surface area contributed by atoms with Crippen LogP contribution in [0.4, 0.5) is 5.69 Å². The second-order valence-electron chi connectivity index (χ2n) is 7.04. The van der Waals surface area contributed by atoms with Crippen LogP contribution < -0.4 is 20.7 Å². The van der Waals surface area contributed by atoms with E-state index < -0.39 is 0 Å². The summed E-state index contributed by atoms with van der Waals surface area (Å²) >= 11 is 0. The molecule has 7 heteroatoms. The van der Waals surface area contributed by atoms with Crippen molar-refractivity contribution in [3.8, 4) is 5.75 Å². The van der Waals surface area contributed by atoms with Gasteiger partial charge < -0.3 is 20.7 Å². The van der Waals surface area contributed by atoms with Crippen molar-refractivity contribution in [2.45, 2.75) is 32.6 Å². The number of hydrogen-bond donors (Lipinski definition) is 3. The highest BCUT2D eigenvalue weighted by molar-refractivity contribution is 5.88. The highest BCUT2D eigenvalue weighted by Gasteiger charge is 2.49. The largest absolute Gasteiger partial charge is 0.492 e. The molecule has 0 spiro atoms. The summed E-state index contributed by atoms with van der Waals surface area (Å²) in [5.41, 5.74) is 0.485. The number of carbonyl (C=O) groups is 2. The molecule has 2 fully saturated rings.